The number of pyridine rings is 1. The maximum absolute atomic E-state index is 11.3. The van der Waals surface area contributed by atoms with E-state index in [1.54, 1.807) is 6.20 Å². The van der Waals surface area contributed by atoms with Crippen molar-refractivity contribution in [3.05, 3.63) is 42.4 Å². The van der Waals surface area contributed by atoms with E-state index in [0.717, 1.165) is 10.8 Å². The van der Waals surface area contributed by atoms with Crippen molar-refractivity contribution in [2.45, 2.75) is 0 Å². The third-order valence-corrected chi connectivity index (χ3v) is 2.66. The van der Waals surface area contributed by atoms with Crippen molar-refractivity contribution in [2.75, 3.05) is 7.11 Å². The topological polar surface area (TPSA) is 78.1 Å². The third kappa shape index (κ3) is 1.93. The van der Waals surface area contributed by atoms with E-state index in [9.17, 15) is 4.79 Å². The van der Waals surface area contributed by atoms with E-state index < -0.39 is 5.97 Å². The molecule has 3 aromatic rings. The summed E-state index contributed by atoms with van der Waals surface area (Å²) in [5, 5.41) is 9.35. The van der Waals surface area contributed by atoms with E-state index in [-0.39, 0.29) is 11.8 Å². The van der Waals surface area contributed by atoms with Crippen LogP contribution in [0.1, 0.15) is 10.7 Å². The molecule has 0 spiro atoms. The smallest absolute Gasteiger partial charge is 0.396 e. The highest BCUT2D eigenvalue weighted by Crippen LogP contribution is 2.25. The van der Waals surface area contributed by atoms with Gasteiger partial charge in [-0.25, -0.2) is 4.79 Å². The number of fused-ring (bicyclic) bond motifs is 1. The normalized spacial score (nSPS) is 10.6. The van der Waals surface area contributed by atoms with Gasteiger partial charge in [0.25, 0.3) is 5.89 Å². The van der Waals surface area contributed by atoms with Crippen molar-refractivity contribution in [1.82, 2.24) is 15.2 Å². The standard InChI is InChI=1S/C13H9N3O3/c1-18-13(17)12-16-15-11(19-12)10-9-5-3-2-4-8(9)6-7-14-10/h2-7H,1H3. The number of rotatable bonds is 2. The fourth-order valence-corrected chi connectivity index (χ4v) is 1.78. The van der Waals surface area contributed by atoms with Gasteiger partial charge in [-0.2, -0.15) is 0 Å². The van der Waals surface area contributed by atoms with Crippen LogP contribution in [0.15, 0.2) is 40.9 Å². The lowest BCUT2D eigenvalue weighted by atomic mass is 10.1. The molecule has 0 saturated heterocycles. The first-order valence-corrected chi connectivity index (χ1v) is 5.55. The lowest BCUT2D eigenvalue weighted by Gasteiger charge is -2.00. The molecule has 2 heterocycles. The average molecular weight is 255 g/mol. The first-order valence-electron chi connectivity index (χ1n) is 5.55. The zero-order chi connectivity index (χ0) is 13.2. The van der Waals surface area contributed by atoms with Crippen LogP contribution in [0.5, 0.6) is 0 Å². The number of hydrogen-bond donors (Lipinski definition) is 0. The number of carbonyl (C=O) groups is 1. The van der Waals surface area contributed by atoms with Crippen LogP contribution in [-0.4, -0.2) is 28.3 Å². The van der Waals surface area contributed by atoms with Gasteiger partial charge in [0.1, 0.15) is 5.69 Å². The number of nitrogens with zero attached hydrogens (tertiary/aromatic N) is 3. The van der Waals surface area contributed by atoms with Crippen LogP contribution < -0.4 is 0 Å². The van der Waals surface area contributed by atoms with Crippen molar-refractivity contribution in [3.63, 3.8) is 0 Å². The lowest BCUT2D eigenvalue weighted by molar-refractivity contribution is 0.0556. The summed E-state index contributed by atoms with van der Waals surface area (Å²) in [4.78, 5) is 15.5. The second-order valence-corrected chi connectivity index (χ2v) is 3.78. The van der Waals surface area contributed by atoms with Gasteiger partial charge in [-0.1, -0.05) is 24.3 Å². The van der Waals surface area contributed by atoms with Gasteiger partial charge in [0.15, 0.2) is 0 Å². The van der Waals surface area contributed by atoms with Crippen molar-refractivity contribution < 1.29 is 13.9 Å². The van der Waals surface area contributed by atoms with Gasteiger partial charge < -0.3 is 9.15 Å². The SMILES string of the molecule is COC(=O)c1nnc(-c2nccc3ccccc23)o1. The van der Waals surface area contributed by atoms with Crippen LogP contribution in [-0.2, 0) is 4.74 Å². The molecule has 1 aromatic carbocycles. The molecule has 0 aliphatic carbocycles. The van der Waals surface area contributed by atoms with Crippen LogP contribution >= 0.6 is 0 Å². The maximum atomic E-state index is 11.3. The van der Waals surface area contributed by atoms with Gasteiger partial charge >= 0.3 is 11.9 Å². The molecule has 0 unspecified atom stereocenters. The molecule has 0 N–H and O–H groups in total. The summed E-state index contributed by atoms with van der Waals surface area (Å²) in [6.07, 6.45) is 1.65. The van der Waals surface area contributed by atoms with E-state index >= 15 is 0 Å². The molecule has 3 rings (SSSR count). The second-order valence-electron chi connectivity index (χ2n) is 3.78. The predicted octanol–water partition coefficient (Wildman–Crippen LogP) is 2.07. The monoisotopic (exact) mass is 255 g/mol. The van der Waals surface area contributed by atoms with Crippen molar-refractivity contribution in [1.29, 1.82) is 0 Å². The summed E-state index contributed by atoms with van der Waals surface area (Å²) in [5.41, 5.74) is 0.542. The van der Waals surface area contributed by atoms with E-state index in [4.69, 9.17) is 4.42 Å². The molecule has 0 aliphatic heterocycles. The molecule has 6 nitrogen and oxygen atoms in total. The van der Waals surface area contributed by atoms with Gasteiger partial charge in [-0.15, -0.1) is 10.2 Å². The Bertz CT molecular complexity index is 746. The molecule has 0 fully saturated rings. The molecular weight excluding hydrogens is 246 g/mol. The van der Waals surface area contributed by atoms with Crippen molar-refractivity contribution in [3.8, 4) is 11.6 Å². The van der Waals surface area contributed by atoms with Gasteiger partial charge in [-0.3, -0.25) is 4.98 Å². The Morgan fingerprint density at radius 2 is 2.05 bits per heavy atom. The Morgan fingerprint density at radius 1 is 1.21 bits per heavy atom. The number of esters is 1. The Labute approximate surface area is 108 Å². The van der Waals surface area contributed by atoms with Crippen LogP contribution in [0.3, 0.4) is 0 Å². The number of carbonyl (C=O) groups excluding carboxylic acids is 1. The molecule has 19 heavy (non-hydrogen) atoms. The fourth-order valence-electron chi connectivity index (χ4n) is 1.78. The van der Waals surface area contributed by atoms with Gasteiger partial charge in [0.05, 0.1) is 7.11 Å². The third-order valence-electron chi connectivity index (χ3n) is 2.66. The highest BCUT2D eigenvalue weighted by atomic mass is 16.5. The molecule has 0 aliphatic rings. The summed E-state index contributed by atoms with van der Waals surface area (Å²) in [6.45, 7) is 0. The van der Waals surface area contributed by atoms with Crippen LogP contribution in [0, 0.1) is 0 Å². The molecule has 0 bridgehead atoms. The summed E-state index contributed by atoms with van der Waals surface area (Å²) >= 11 is 0. The summed E-state index contributed by atoms with van der Waals surface area (Å²) in [5.74, 6) is -0.663. The van der Waals surface area contributed by atoms with Crippen molar-refractivity contribution >= 4 is 16.7 Å². The van der Waals surface area contributed by atoms with Crippen molar-refractivity contribution in [2.24, 2.45) is 0 Å². The minimum atomic E-state index is -0.668. The lowest BCUT2D eigenvalue weighted by Crippen LogP contribution is -2.00. The molecule has 6 heteroatoms. The first kappa shape index (κ1) is 11.3. The zero-order valence-electron chi connectivity index (χ0n) is 10.0. The summed E-state index contributed by atoms with van der Waals surface area (Å²) in [6, 6.07) is 9.57. The summed E-state index contributed by atoms with van der Waals surface area (Å²) in [7, 11) is 1.25. The van der Waals surface area contributed by atoms with Crippen LogP contribution in [0.4, 0.5) is 0 Å². The van der Waals surface area contributed by atoms with Gasteiger partial charge in [-0.05, 0) is 11.5 Å². The molecule has 2 aromatic heterocycles. The number of methoxy groups -OCH3 is 1. The Balaban J connectivity index is 2.14. The molecule has 94 valence electrons. The minimum absolute atomic E-state index is 0.188. The minimum Gasteiger partial charge on any atom is -0.462 e. The molecule has 0 atom stereocenters. The Morgan fingerprint density at radius 3 is 2.89 bits per heavy atom. The maximum Gasteiger partial charge on any atom is 0.396 e. The van der Waals surface area contributed by atoms with E-state index in [2.05, 4.69) is 19.9 Å². The molecule has 0 saturated carbocycles. The highest BCUT2D eigenvalue weighted by molar-refractivity contribution is 5.92. The average Bonchev–Trinajstić information content (AvgIpc) is 2.95. The van der Waals surface area contributed by atoms with E-state index in [1.807, 2.05) is 30.3 Å². The quantitative estimate of drug-likeness (QED) is 0.652. The molecule has 0 amide bonds. The number of aromatic nitrogens is 3. The number of hydrogen-bond acceptors (Lipinski definition) is 6. The van der Waals surface area contributed by atoms with E-state index in [1.165, 1.54) is 7.11 Å². The van der Waals surface area contributed by atoms with E-state index in [0.29, 0.717) is 5.69 Å². The van der Waals surface area contributed by atoms with Gasteiger partial charge in [0, 0.05) is 11.6 Å². The molecule has 0 radical (unpaired) electrons. The van der Waals surface area contributed by atoms with Crippen LogP contribution in [0.25, 0.3) is 22.4 Å². The Kier molecular flexibility index (Phi) is 2.68. The largest absolute Gasteiger partial charge is 0.462 e. The number of benzene rings is 1. The van der Waals surface area contributed by atoms with Gasteiger partial charge in [0.2, 0.25) is 0 Å². The first-order chi connectivity index (χ1) is 9.29. The van der Waals surface area contributed by atoms with Crippen LogP contribution in [0.2, 0.25) is 0 Å². The summed E-state index contributed by atoms with van der Waals surface area (Å²) < 4.78 is 9.79. The zero-order valence-corrected chi connectivity index (χ0v) is 10.0. The molecular formula is C13H9N3O3. The Hall–Kier alpha value is -2.76. The fraction of sp³-hybridized carbons (Fsp3) is 0.0769. The second kappa shape index (κ2) is 4.49. The predicted molar refractivity (Wildman–Crippen MR) is 66.4 cm³/mol. The highest BCUT2D eigenvalue weighted by Gasteiger charge is 2.18. The number of ether oxygens (including phenoxy) is 1.